The van der Waals surface area contributed by atoms with Crippen molar-refractivity contribution < 1.29 is 34.8 Å². The summed E-state index contributed by atoms with van der Waals surface area (Å²) in [5.41, 5.74) is 5.41. The summed E-state index contributed by atoms with van der Waals surface area (Å²) in [5.74, 6) is -3.60. The Morgan fingerprint density at radius 1 is 0.848 bits per heavy atom. The molecule has 11 heteroatoms. The van der Waals surface area contributed by atoms with Gasteiger partial charge in [-0.15, -0.1) is 0 Å². The molecule has 0 aliphatic rings. The normalized spacial score (nSPS) is 13.2. The number of hydrogen-bond acceptors (Lipinski definition) is 3. The fraction of sp³-hybridized carbons (Fsp3) is 0.182. The molecule has 33 heavy (non-hydrogen) atoms. The van der Waals surface area contributed by atoms with Gasteiger partial charge in [0.1, 0.15) is 5.82 Å². The van der Waals surface area contributed by atoms with E-state index in [2.05, 4.69) is 4.72 Å². The molecule has 3 aromatic rings. The van der Waals surface area contributed by atoms with E-state index in [0.717, 1.165) is 12.1 Å². The van der Waals surface area contributed by atoms with Crippen LogP contribution in [0.5, 0.6) is 0 Å². The van der Waals surface area contributed by atoms with Gasteiger partial charge in [-0.25, -0.2) is 26.3 Å². The van der Waals surface area contributed by atoms with Crippen LogP contribution in [-0.2, 0) is 22.6 Å². The highest BCUT2D eigenvalue weighted by molar-refractivity contribution is 7.89. The maximum atomic E-state index is 13.7. The fourth-order valence-corrected chi connectivity index (χ4v) is 4.17. The lowest BCUT2D eigenvalue weighted by Gasteiger charge is -2.14. The SMILES string of the molecule is N[C@@H](CNS(=O)(=O)c1ccc(-c2cccc(C(F)(F)F)c2)cc1)Cc1cc(F)c(F)cc1F. The minimum absolute atomic E-state index is 0.163. The molecule has 3 rings (SSSR count). The maximum absolute atomic E-state index is 13.7. The van der Waals surface area contributed by atoms with Crippen LogP contribution in [0.4, 0.5) is 26.3 Å². The Kier molecular flexibility index (Phi) is 7.15. The Bertz CT molecular complexity index is 1240. The second-order valence-electron chi connectivity index (χ2n) is 7.28. The van der Waals surface area contributed by atoms with E-state index in [1.165, 1.54) is 36.4 Å². The Balaban J connectivity index is 1.68. The second-order valence-corrected chi connectivity index (χ2v) is 9.04. The van der Waals surface area contributed by atoms with E-state index >= 15 is 0 Å². The van der Waals surface area contributed by atoms with Crippen LogP contribution in [-0.4, -0.2) is 21.0 Å². The molecule has 0 heterocycles. The van der Waals surface area contributed by atoms with Crippen LogP contribution in [0.25, 0.3) is 11.1 Å². The van der Waals surface area contributed by atoms with Crippen LogP contribution in [0.15, 0.2) is 65.6 Å². The van der Waals surface area contributed by atoms with Crippen molar-refractivity contribution in [3.8, 4) is 11.1 Å². The van der Waals surface area contributed by atoms with E-state index in [-0.39, 0.29) is 29.0 Å². The van der Waals surface area contributed by atoms with E-state index in [0.29, 0.717) is 17.7 Å². The Hall–Kier alpha value is -2.89. The Labute approximate surface area is 186 Å². The van der Waals surface area contributed by atoms with Gasteiger partial charge in [0.25, 0.3) is 0 Å². The van der Waals surface area contributed by atoms with Gasteiger partial charge in [0.05, 0.1) is 10.5 Å². The van der Waals surface area contributed by atoms with Crippen molar-refractivity contribution in [2.24, 2.45) is 5.73 Å². The van der Waals surface area contributed by atoms with Gasteiger partial charge in [0.15, 0.2) is 11.6 Å². The van der Waals surface area contributed by atoms with Gasteiger partial charge in [-0.3, -0.25) is 0 Å². The molecule has 3 N–H and O–H groups in total. The molecule has 3 aromatic carbocycles. The molecule has 1 atom stereocenters. The van der Waals surface area contributed by atoms with E-state index in [9.17, 15) is 34.8 Å². The lowest BCUT2D eigenvalue weighted by atomic mass is 10.0. The molecule has 0 fully saturated rings. The van der Waals surface area contributed by atoms with Gasteiger partial charge in [-0.2, -0.15) is 13.2 Å². The summed E-state index contributed by atoms with van der Waals surface area (Å²) in [6.07, 6.45) is -4.76. The van der Waals surface area contributed by atoms with E-state index < -0.39 is 45.3 Å². The Morgan fingerprint density at radius 3 is 2.12 bits per heavy atom. The second kappa shape index (κ2) is 9.54. The van der Waals surface area contributed by atoms with Crippen LogP contribution in [0, 0.1) is 17.5 Å². The van der Waals surface area contributed by atoms with Crippen LogP contribution < -0.4 is 10.5 Å². The Morgan fingerprint density at radius 2 is 1.48 bits per heavy atom. The van der Waals surface area contributed by atoms with Crippen molar-refractivity contribution in [2.75, 3.05) is 6.54 Å². The number of hydrogen-bond donors (Lipinski definition) is 2. The van der Waals surface area contributed by atoms with Crippen molar-refractivity contribution in [3.05, 3.63) is 89.2 Å². The van der Waals surface area contributed by atoms with Crippen molar-refractivity contribution in [1.29, 1.82) is 0 Å². The van der Waals surface area contributed by atoms with Gasteiger partial charge in [0, 0.05) is 18.7 Å². The van der Waals surface area contributed by atoms with Crippen LogP contribution >= 0.6 is 0 Å². The average Bonchev–Trinajstić information content (AvgIpc) is 2.76. The monoisotopic (exact) mass is 488 g/mol. The fourth-order valence-electron chi connectivity index (χ4n) is 3.08. The number of nitrogens with one attached hydrogen (secondary N) is 1. The lowest BCUT2D eigenvalue weighted by molar-refractivity contribution is -0.137. The quantitative estimate of drug-likeness (QED) is 0.376. The minimum atomic E-state index is -4.51. The average molecular weight is 488 g/mol. The van der Waals surface area contributed by atoms with Gasteiger partial charge < -0.3 is 5.73 Å². The summed E-state index contributed by atoms with van der Waals surface area (Å²) in [6.45, 7) is -0.323. The lowest BCUT2D eigenvalue weighted by Crippen LogP contribution is -2.38. The third-order valence-electron chi connectivity index (χ3n) is 4.79. The maximum Gasteiger partial charge on any atom is 0.416 e. The third kappa shape index (κ3) is 6.12. The van der Waals surface area contributed by atoms with Gasteiger partial charge in [-0.05, 0) is 53.4 Å². The van der Waals surface area contributed by atoms with Crippen molar-refractivity contribution in [3.63, 3.8) is 0 Å². The summed E-state index contributed by atoms with van der Waals surface area (Å²) in [5, 5.41) is 0. The number of sulfonamides is 1. The van der Waals surface area contributed by atoms with Gasteiger partial charge in [0.2, 0.25) is 10.0 Å². The first-order valence-electron chi connectivity index (χ1n) is 9.53. The van der Waals surface area contributed by atoms with Gasteiger partial charge >= 0.3 is 6.18 Å². The topological polar surface area (TPSA) is 72.2 Å². The molecule has 0 aromatic heterocycles. The summed E-state index contributed by atoms with van der Waals surface area (Å²) in [6, 6.07) is 9.87. The molecule has 0 unspecified atom stereocenters. The van der Waals surface area contributed by atoms with Crippen molar-refractivity contribution >= 4 is 10.0 Å². The molecule has 0 bridgehead atoms. The molecule has 4 nitrogen and oxygen atoms in total. The first-order chi connectivity index (χ1) is 15.4. The van der Waals surface area contributed by atoms with Crippen molar-refractivity contribution in [1.82, 2.24) is 4.72 Å². The highest BCUT2D eigenvalue weighted by Crippen LogP contribution is 2.32. The predicted octanol–water partition coefficient (Wildman–Crippen LogP) is 4.64. The van der Waals surface area contributed by atoms with E-state index in [1.54, 1.807) is 0 Å². The summed E-state index contributed by atoms with van der Waals surface area (Å²) < 4.78 is 106. The van der Waals surface area contributed by atoms with Crippen LogP contribution in [0.1, 0.15) is 11.1 Å². The molecule has 0 saturated carbocycles. The van der Waals surface area contributed by atoms with E-state index in [1.807, 2.05) is 0 Å². The number of nitrogens with two attached hydrogens (primary N) is 1. The zero-order valence-corrected chi connectivity index (χ0v) is 17.7. The molecule has 0 amide bonds. The minimum Gasteiger partial charge on any atom is -0.326 e. The molecule has 0 spiro atoms. The van der Waals surface area contributed by atoms with Crippen molar-refractivity contribution in [2.45, 2.75) is 23.5 Å². The molecule has 0 radical (unpaired) electrons. The first-order valence-corrected chi connectivity index (χ1v) is 11.0. The standard InChI is InChI=1S/C22H18F6N2O2S/c23-19-11-21(25)20(24)10-15(19)9-17(29)12-30-33(31,32)18-6-4-13(5-7-18)14-2-1-3-16(8-14)22(26,27)28/h1-8,10-11,17,30H,9,12,29H2/t17-/m1/s1. The predicted molar refractivity (Wildman–Crippen MR) is 110 cm³/mol. The smallest absolute Gasteiger partial charge is 0.326 e. The number of benzene rings is 3. The summed E-state index contributed by atoms with van der Waals surface area (Å²) in [4.78, 5) is -0.163. The van der Waals surface area contributed by atoms with Crippen LogP contribution in [0.3, 0.4) is 0 Å². The number of halogens is 6. The highest BCUT2D eigenvalue weighted by Gasteiger charge is 2.30. The molecular weight excluding hydrogens is 470 g/mol. The number of rotatable bonds is 7. The van der Waals surface area contributed by atoms with Gasteiger partial charge in [-0.1, -0.05) is 24.3 Å². The summed E-state index contributed by atoms with van der Waals surface area (Å²) >= 11 is 0. The largest absolute Gasteiger partial charge is 0.416 e. The first kappa shape index (κ1) is 24.7. The molecule has 0 saturated heterocycles. The number of alkyl halides is 3. The van der Waals surface area contributed by atoms with Crippen LogP contribution in [0.2, 0.25) is 0 Å². The molecule has 176 valence electrons. The summed E-state index contributed by atoms with van der Waals surface area (Å²) in [7, 11) is -4.04. The third-order valence-corrected chi connectivity index (χ3v) is 6.23. The molecule has 0 aliphatic carbocycles. The zero-order valence-electron chi connectivity index (χ0n) is 16.8. The van der Waals surface area contributed by atoms with E-state index in [4.69, 9.17) is 5.73 Å². The molecule has 0 aliphatic heterocycles. The molecular formula is C22H18F6N2O2S. The highest BCUT2D eigenvalue weighted by atomic mass is 32.2. The zero-order chi connectivity index (χ0) is 24.4.